The van der Waals surface area contributed by atoms with Crippen LogP contribution in [0.5, 0.6) is 0 Å². The van der Waals surface area contributed by atoms with Gasteiger partial charge in [-0.15, -0.1) is 22.7 Å². The van der Waals surface area contributed by atoms with Crippen LogP contribution in [0.25, 0.3) is 84.7 Å². The lowest BCUT2D eigenvalue weighted by Crippen LogP contribution is -2.32. The number of hydrogen-bond donors (Lipinski definition) is 0. The molecule has 5 heterocycles. The standard InChI is InChI=1S/C71H49F4N3O2S2/c1-71(2)47-20-6-3-17-41(47)42-32-31-40(37-48(42)71)76-57-38-45(59-33-35-63(79-59)77(53-25-11-7-21-49(53)72)54-26-12-8-22-50(54)73)65-43-18-4-15-29-61(43)81-69(65)67(57)68-58(76)39-46(66-44-19-5-16-30-62(44)82-70(66)68)60-34-36-64(80-60)78(55-27-13-9-23-51(55)74)56-28-14-10-24-52(56)75/h3-33,37-39,60,63-64H,34-36H2,1-2H3. The summed E-state index contributed by atoms with van der Waals surface area (Å²) < 4.78 is 85.4. The van der Waals surface area contributed by atoms with E-state index < -0.39 is 41.8 Å². The number of hydrogen-bond acceptors (Lipinski definition) is 6. The first-order valence-electron chi connectivity index (χ1n) is 27.7. The highest BCUT2D eigenvalue weighted by Crippen LogP contribution is 2.55. The number of nitrogens with zero attached hydrogens (tertiary/aromatic N) is 3. The highest BCUT2D eigenvalue weighted by atomic mass is 32.1. The van der Waals surface area contributed by atoms with Crippen LogP contribution < -0.4 is 9.80 Å². The monoisotopic (exact) mass is 1120 g/mol. The van der Waals surface area contributed by atoms with E-state index in [2.05, 4.69) is 128 Å². The minimum atomic E-state index is -0.783. The summed E-state index contributed by atoms with van der Waals surface area (Å²) in [7, 11) is 0. The van der Waals surface area contributed by atoms with E-state index in [0.717, 1.165) is 79.0 Å². The minimum absolute atomic E-state index is 0.212. The van der Waals surface area contributed by atoms with Gasteiger partial charge in [-0.3, -0.25) is 4.90 Å². The molecule has 13 aromatic rings. The predicted octanol–water partition coefficient (Wildman–Crippen LogP) is 20.3. The molecule has 5 nitrogen and oxygen atoms in total. The van der Waals surface area contributed by atoms with Gasteiger partial charge >= 0.3 is 0 Å². The Morgan fingerprint density at radius 2 is 0.976 bits per heavy atom. The fourth-order valence-electron chi connectivity index (χ4n) is 13.6. The Kier molecular flexibility index (Phi) is 11.2. The van der Waals surface area contributed by atoms with Crippen molar-refractivity contribution < 1.29 is 27.0 Å². The van der Waals surface area contributed by atoms with Crippen molar-refractivity contribution in [3.05, 3.63) is 252 Å². The molecule has 10 aromatic carbocycles. The third kappa shape index (κ3) is 7.32. The van der Waals surface area contributed by atoms with Crippen LogP contribution in [-0.2, 0) is 14.9 Å². The van der Waals surface area contributed by atoms with Gasteiger partial charge in [0.1, 0.15) is 35.3 Å². The molecule has 82 heavy (non-hydrogen) atoms. The van der Waals surface area contributed by atoms with Crippen LogP contribution in [0.15, 0.2) is 206 Å². The average molecular weight is 1120 g/mol. The molecule has 400 valence electrons. The molecule has 1 saturated heterocycles. The van der Waals surface area contributed by atoms with Gasteiger partial charge in [0, 0.05) is 74.2 Å². The second-order valence-corrected chi connectivity index (χ2v) is 24.2. The van der Waals surface area contributed by atoms with Gasteiger partial charge in [0.25, 0.3) is 0 Å². The summed E-state index contributed by atoms with van der Waals surface area (Å²) in [6.07, 6.45) is 1.57. The van der Waals surface area contributed by atoms with Gasteiger partial charge in [-0.25, -0.2) is 17.6 Å². The Morgan fingerprint density at radius 1 is 0.476 bits per heavy atom. The Morgan fingerprint density at radius 3 is 1.59 bits per heavy atom. The van der Waals surface area contributed by atoms with E-state index in [-0.39, 0.29) is 28.2 Å². The van der Waals surface area contributed by atoms with Crippen molar-refractivity contribution in [1.29, 1.82) is 0 Å². The third-order valence-electron chi connectivity index (χ3n) is 17.2. The maximum absolute atomic E-state index is 16.0. The first kappa shape index (κ1) is 49.1. The van der Waals surface area contributed by atoms with Crippen LogP contribution in [0.4, 0.5) is 40.3 Å². The van der Waals surface area contributed by atoms with Crippen LogP contribution in [-0.4, -0.2) is 17.0 Å². The van der Waals surface area contributed by atoms with Crippen LogP contribution >= 0.6 is 22.7 Å². The molecule has 2 aliphatic heterocycles. The molecule has 0 radical (unpaired) electrons. The highest BCUT2D eigenvalue weighted by molar-refractivity contribution is 7.28. The lowest BCUT2D eigenvalue weighted by molar-refractivity contribution is 0.0489. The molecule has 3 unspecified atom stereocenters. The topological polar surface area (TPSA) is 29.9 Å². The van der Waals surface area contributed by atoms with E-state index in [9.17, 15) is 0 Å². The summed E-state index contributed by atoms with van der Waals surface area (Å²) in [6, 6.07) is 63.1. The molecule has 0 spiro atoms. The number of aromatic nitrogens is 1. The van der Waals surface area contributed by atoms with Gasteiger partial charge in [-0.2, -0.15) is 0 Å². The number of ether oxygens (including phenoxy) is 2. The number of thiophene rings is 2. The van der Waals surface area contributed by atoms with Gasteiger partial charge in [0.05, 0.1) is 39.9 Å². The summed E-state index contributed by atoms with van der Waals surface area (Å²) >= 11 is 3.53. The fraction of sp³-hybridized carbons (Fsp3) is 0.127. The lowest BCUT2D eigenvalue weighted by atomic mass is 9.82. The largest absolute Gasteiger partial charge is 0.470 e. The quantitative estimate of drug-likeness (QED) is 0.135. The van der Waals surface area contributed by atoms with Gasteiger partial charge in [-0.05, 0) is 132 Å². The molecule has 3 aliphatic rings. The van der Waals surface area contributed by atoms with Gasteiger partial charge in [-0.1, -0.05) is 129 Å². The number of para-hydroxylation sites is 4. The van der Waals surface area contributed by atoms with Crippen molar-refractivity contribution in [2.24, 2.45) is 0 Å². The molecular formula is C71H49F4N3O2S2. The van der Waals surface area contributed by atoms with Gasteiger partial charge < -0.3 is 18.9 Å². The zero-order chi connectivity index (χ0) is 55.1. The maximum atomic E-state index is 16.0. The van der Waals surface area contributed by atoms with E-state index in [1.165, 1.54) is 46.5 Å². The predicted molar refractivity (Wildman–Crippen MR) is 328 cm³/mol. The fourth-order valence-corrected chi connectivity index (χ4v) is 16.2. The van der Waals surface area contributed by atoms with Crippen molar-refractivity contribution in [1.82, 2.24) is 4.57 Å². The van der Waals surface area contributed by atoms with Crippen molar-refractivity contribution in [2.75, 3.05) is 9.80 Å². The average Bonchev–Trinajstić information content (AvgIpc) is 3.84. The second-order valence-electron chi connectivity index (χ2n) is 22.1. The number of benzene rings is 10. The molecule has 1 fully saturated rings. The molecule has 3 atom stereocenters. The van der Waals surface area contributed by atoms with E-state index in [4.69, 9.17) is 9.47 Å². The van der Waals surface area contributed by atoms with Crippen LogP contribution in [0.3, 0.4) is 0 Å². The molecule has 0 N–H and O–H groups in total. The number of halogens is 4. The summed E-state index contributed by atoms with van der Waals surface area (Å²) in [5.74, 6) is -1.29. The first-order chi connectivity index (χ1) is 40.1. The Balaban J connectivity index is 0.959. The van der Waals surface area contributed by atoms with E-state index >= 15 is 17.6 Å². The van der Waals surface area contributed by atoms with Crippen LogP contribution in [0, 0.1) is 23.3 Å². The van der Waals surface area contributed by atoms with Crippen molar-refractivity contribution in [3.8, 4) is 16.8 Å². The van der Waals surface area contributed by atoms with E-state index in [1.54, 1.807) is 105 Å². The zero-order valence-corrected chi connectivity index (χ0v) is 46.1. The van der Waals surface area contributed by atoms with Gasteiger partial charge in [0.15, 0.2) is 6.23 Å². The zero-order valence-electron chi connectivity index (χ0n) is 44.5. The minimum Gasteiger partial charge on any atom is -0.470 e. The highest BCUT2D eigenvalue weighted by Gasteiger charge is 2.39. The SMILES string of the molecule is CC1(C)c2ccccc2-c2ccc(-n3c4cc(C5=CCC(N(c6ccccc6F)c6ccccc6F)O5)c5c6ccccc6sc5c4c4c5sc6ccccc6c5c(C5CCC(N(c6ccccc6F)c6ccccc6F)O5)cc43)cc21. The number of anilines is 4. The molecule has 0 bridgehead atoms. The number of fused-ring (bicyclic) bond motifs is 14. The molecule has 3 aromatic heterocycles. The molecule has 11 heteroatoms. The summed E-state index contributed by atoms with van der Waals surface area (Å²) in [6.45, 7) is 4.61. The Labute approximate surface area is 477 Å². The molecule has 16 rings (SSSR count). The molecular weight excluding hydrogens is 1070 g/mol. The molecule has 1 aliphatic carbocycles. The van der Waals surface area contributed by atoms with E-state index in [0.29, 0.717) is 25.0 Å². The third-order valence-corrected chi connectivity index (χ3v) is 19.6. The lowest BCUT2D eigenvalue weighted by Gasteiger charge is -2.31. The Bertz CT molecular complexity index is 4750. The Hall–Kier alpha value is -8.74. The first-order valence-corrected chi connectivity index (χ1v) is 29.3. The van der Waals surface area contributed by atoms with Crippen molar-refractivity contribution >= 4 is 113 Å². The maximum Gasteiger partial charge on any atom is 0.180 e. The summed E-state index contributed by atoms with van der Waals surface area (Å²) in [4.78, 5) is 3.32. The molecule has 0 saturated carbocycles. The summed E-state index contributed by atoms with van der Waals surface area (Å²) in [5.41, 5.74) is 10.4. The van der Waals surface area contributed by atoms with Crippen LogP contribution in [0.2, 0.25) is 0 Å². The van der Waals surface area contributed by atoms with Crippen LogP contribution in [0.1, 0.15) is 61.5 Å². The molecule has 0 amide bonds. The smallest absolute Gasteiger partial charge is 0.180 e. The van der Waals surface area contributed by atoms with Crippen molar-refractivity contribution in [3.63, 3.8) is 0 Å². The second kappa shape index (κ2) is 18.7. The normalized spacial score (nSPS) is 17.3. The number of rotatable bonds is 9. The van der Waals surface area contributed by atoms with Gasteiger partial charge in [0.2, 0.25) is 0 Å². The van der Waals surface area contributed by atoms with E-state index in [1.807, 2.05) is 0 Å². The van der Waals surface area contributed by atoms with Crippen molar-refractivity contribution in [2.45, 2.75) is 57.1 Å². The summed E-state index contributed by atoms with van der Waals surface area (Å²) in [5, 5.41) is 6.53.